The summed E-state index contributed by atoms with van der Waals surface area (Å²) in [6.07, 6.45) is 5.07. The zero-order chi connectivity index (χ0) is 23.8. The van der Waals surface area contributed by atoms with Crippen molar-refractivity contribution in [1.29, 1.82) is 0 Å². The molecule has 3 rings (SSSR count). The topological polar surface area (TPSA) is 82.5 Å². The predicted molar refractivity (Wildman–Crippen MR) is 132 cm³/mol. The van der Waals surface area contributed by atoms with Gasteiger partial charge in [0.05, 0.1) is 31.3 Å². The molecule has 1 aromatic heterocycles. The molecule has 0 aliphatic carbocycles. The van der Waals surface area contributed by atoms with E-state index in [0.29, 0.717) is 23.9 Å². The number of nitrogens with one attached hydrogen (secondary N) is 1. The Morgan fingerprint density at radius 1 is 1.09 bits per heavy atom. The highest BCUT2D eigenvalue weighted by Gasteiger charge is 2.23. The molecule has 0 saturated heterocycles. The van der Waals surface area contributed by atoms with Crippen molar-refractivity contribution in [3.8, 4) is 11.3 Å². The van der Waals surface area contributed by atoms with Crippen LogP contribution in [0.15, 0.2) is 60.8 Å². The van der Waals surface area contributed by atoms with Crippen LogP contribution >= 0.6 is 19.2 Å². The van der Waals surface area contributed by atoms with Gasteiger partial charge in [0.25, 0.3) is 0 Å². The third kappa shape index (κ3) is 6.89. The molecule has 0 spiro atoms. The number of aryl methyl sites for hydroxylation is 1. The first-order chi connectivity index (χ1) is 15.8. The van der Waals surface area contributed by atoms with Crippen LogP contribution in [0.25, 0.3) is 17.3 Å². The molecule has 0 aliphatic heterocycles. The average Bonchev–Trinajstić information content (AvgIpc) is 3.15. The van der Waals surface area contributed by atoms with Gasteiger partial charge in [0.2, 0.25) is 5.91 Å². The van der Waals surface area contributed by atoms with Crippen LogP contribution in [0.4, 0.5) is 5.69 Å². The van der Waals surface area contributed by atoms with Crippen molar-refractivity contribution in [3.63, 3.8) is 0 Å². The molecule has 0 saturated carbocycles. The van der Waals surface area contributed by atoms with E-state index in [2.05, 4.69) is 10.4 Å². The number of rotatable bonds is 10. The minimum atomic E-state index is -3.17. The lowest BCUT2D eigenvalue weighted by molar-refractivity contribution is -0.111. The van der Waals surface area contributed by atoms with Crippen LogP contribution in [0.1, 0.15) is 25.0 Å². The van der Waals surface area contributed by atoms with Crippen molar-refractivity contribution in [2.45, 2.75) is 20.0 Å². The van der Waals surface area contributed by atoms with E-state index >= 15 is 0 Å². The summed E-state index contributed by atoms with van der Waals surface area (Å²) in [6.45, 7) is 4.19. The van der Waals surface area contributed by atoms with Gasteiger partial charge in [-0.25, -0.2) is 0 Å². The third-order valence-electron chi connectivity index (χ3n) is 4.75. The van der Waals surface area contributed by atoms with E-state index in [1.54, 1.807) is 55.1 Å². The first-order valence-electron chi connectivity index (χ1n) is 10.6. The molecule has 1 N–H and O–H groups in total. The lowest BCUT2D eigenvalue weighted by Crippen LogP contribution is -2.07. The molecule has 7 nitrogen and oxygen atoms in total. The van der Waals surface area contributed by atoms with Crippen molar-refractivity contribution in [2.75, 3.05) is 18.5 Å². The maximum absolute atomic E-state index is 12.7. The fraction of sp³-hybridized carbons (Fsp3) is 0.250. The highest BCUT2D eigenvalue weighted by Crippen LogP contribution is 2.51. The summed E-state index contributed by atoms with van der Waals surface area (Å²) in [5.41, 5.74) is 4.07. The number of benzene rings is 2. The minimum Gasteiger partial charge on any atom is -0.323 e. The van der Waals surface area contributed by atoms with Crippen LogP contribution in [0, 0.1) is 0 Å². The number of hydrogen-bond acceptors (Lipinski definition) is 5. The highest BCUT2D eigenvalue weighted by atomic mass is 35.5. The van der Waals surface area contributed by atoms with Crippen LogP contribution in [0.5, 0.6) is 0 Å². The van der Waals surface area contributed by atoms with Gasteiger partial charge in [-0.15, -0.1) is 0 Å². The summed E-state index contributed by atoms with van der Waals surface area (Å²) in [5.74, 6) is -0.275. The number of halogens is 1. The third-order valence-corrected chi connectivity index (χ3v) is 7.06. The quantitative estimate of drug-likeness (QED) is 0.273. The van der Waals surface area contributed by atoms with Crippen molar-refractivity contribution in [1.82, 2.24) is 9.78 Å². The fourth-order valence-electron chi connectivity index (χ4n) is 3.33. The number of aromatic nitrogens is 2. The molecule has 174 valence electrons. The van der Waals surface area contributed by atoms with Crippen molar-refractivity contribution in [3.05, 3.63) is 77.0 Å². The number of carbonyl (C=O) groups excluding carboxylic acids is 1. The van der Waals surface area contributed by atoms with E-state index in [4.69, 9.17) is 20.6 Å². The van der Waals surface area contributed by atoms with Gasteiger partial charge in [0.1, 0.15) is 0 Å². The molecule has 0 atom stereocenters. The average molecular weight is 488 g/mol. The van der Waals surface area contributed by atoms with Crippen LogP contribution in [-0.2, 0) is 31.6 Å². The van der Waals surface area contributed by atoms with Gasteiger partial charge in [-0.1, -0.05) is 35.9 Å². The molecule has 3 aromatic rings. The summed E-state index contributed by atoms with van der Waals surface area (Å²) < 4.78 is 25.1. The van der Waals surface area contributed by atoms with Gasteiger partial charge in [0.15, 0.2) is 0 Å². The van der Waals surface area contributed by atoms with E-state index in [1.165, 1.54) is 6.08 Å². The fourth-order valence-corrected chi connectivity index (χ4v) is 5.15. The van der Waals surface area contributed by atoms with Gasteiger partial charge in [0, 0.05) is 35.0 Å². The second-order valence-electron chi connectivity index (χ2n) is 7.20. The Balaban J connectivity index is 1.66. The van der Waals surface area contributed by atoms with Crippen LogP contribution in [0.2, 0.25) is 5.02 Å². The maximum Gasteiger partial charge on any atom is 0.335 e. The molecule has 0 fully saturated rings. The Morgan fingerprint density at radius 3 is 2.33 bits per heavy atom. The van der Waals surface area contributed by atoms with Gasteiger partial charge in [-0.05, 0) is 49.8 Å². The molecular formula is C24H27ClN3O4P. The summed E-state index contributed by atoms with van der Waals surface area (Å²) in [5, 5.41) is 7.78. The number of anilines is 1. The first kappa shape index (κ1) is 24.9. The summed E-state index contributed by atoms with van der Waals surface area (Å²) in [6, 6.07) is 14.6. The zero-order valence-electron chi connectivity index (χ0n) is 18.8. The zero-order valence-corrected chi connectivity index (χ0v) is 20.5. The van der Waals surface area contributed by atoms with Crippen LogP contribution < -0.4 is 5.32 Å². The largest absolute Gasteiger partial charge is 0.335 e. The standard InChI is InChI=1S/C24H27ClN3O4P/c1-4-31-33(30,32-5-2)17-18-6-13-22(14-7-18)27-23(29)15-10-20-16-26-28(3)24(20)19-8-11-21(25)12-9-19/h6-16H,4-5,17H2,1-3H3,(H,27,29)/b15-10+. The molecule has 0 radical (unpaired) electrons. The van der Waals surface area contributed by atoms with Gasteiger partial charge in [-0.2, -0.15) is 5.10 Å². The molecule has 1 heterocycles. The molecule has 33 heavy (non-hydrogen) atoms. The number of amides is 1. The van der Waals surface area contributed by atoms with E-state index < -0.39 is 7.60 Å². The van der Waals surface area contributed by atoms with Gasteiger partial charge < -0.3 is 14.4 Å². The molecule has 1 amide bonds. The molecule has 9 heteroatoms. The second kappa shape index (κ2) is 11.4. The number of carbonyl (C=O) groups is 1. The molecule has 0 unspecified atom stereocenters. The van der Waals surface area contributed by atoms with E-state index in [0.717, 1.165) is 22.4 Å². The second-order valence-corrected chi connectivity index (χ2v) is 9.69. The number of nitrogens with zero attached hydrogens (tertiary/aromatic N) is 2. The Morgan fingerprint density at radius 2 is 1.73 bits per heavy atom. The summed E-state index contributed by atoms with van der Waals surface area (Å²) >= 11 is 5.99. The SMILES string of the molecule is CCOP(=O)(Cc1ccc(NC(=O)/C=C/c2cnn(C)c2-c2ccc(Cl)cc2)cc1)OCC. The van der Waals surface area contributed by atoms with Crippen molar-refractivity contribution < 1.29 is 18.4 Å². The molecule has 0 bridgehead atoms. The Bertz CT molecular complexity index is 1150. The maximum atomic E-state index is 12.7. The lowest BCUT2D eigenvalue weighted by Gasteiger charge is -2.17. The normalized spacial score (nSPS) is 11.8. The van der Waals surface area contributed by atoms with Gasteiger partial charge in [-0.3, -0.25) is 14.0 Å². The minimum absolute atomic E-state index is 0.178. The smallest absolute Gasteiger partial charge is 0.323 e. The monoisotopic (exact) mass is 487 g/mol. The Kier molecular flexibility index (Phi) is 8.64. The molecule has 2 aromatic carbocycles. The van der Waals surface area contributed by atoms with Crippen molar-refractivity contribution >= 4 is 36.9 Å². The molecular weight excluding hydrogens is 461 g/mol. The number of hydrogen-bond donors (Lipinski definition) is 1. The van der Waals surface area contributed by atoms with E-state index in [1.807, 2.05) is 31.3 Å². The van der Waals surface area contributed by atoms with E-state index in [9.17, 15) is 9.36 Å². The highest BCUT2D eigenvalue weighted by molar-refractivity contribution is 7.53. The first-order valence-corrected chi connectivity index (χ1v) is 12.7. The predicted octanol–water partition coefficient (Wildman–Crippen LogP) is 6.16. The van der Waals surface area contributed by atoms with Crippen LogP contribution in [-0.4, -0.2) is 28.9 Å². The van der Waals surface area contributed by atoms with Crippen molar-refractivity contribution in [2.24, 2.45) is 7.05 Å². The Labute approximate surface area is 198 Å². The summed E-state index contributed by atoms with van der Waals surface area (Å²) in [7, 11) is -1.33. The molecule has 0 aliphatic rings. The van der Waals surface area contributed by atoms with E-state index in [-0.39, 0.29) is 12.1 Å². The lowest BCUT2D eigenvalue weighted by atomic mass is 10.1. The van der Waals surface area contributed by atoms with Gasteiger partial charge >= 0.3 is 7.60 Å². The summed E-state index contributed by atoms with van der Waals surface area (Å²) in [4.78, 5) is 12.4. The van der Waals surface area contributed by atoms with Crippen LogP contribution in [0.3, 0.4) is 0 Å². The Hall–Kier alpha value is -2.70.